The predicted molar refractivity (Wildman–Crippen MR) is 155 cm³/mol. The van der Waals surface area contributed by atoms with E-state index in [1.165, 1.54) is 0 Å². The number of imidazole rings is 1. The minimum Gasteiger partial charge on any atom is -0.384 e. The third-order valence-electron chi connectivity index (χ3n) is 7.41. The molecule has 2 aromatic carbocycles. The molecule has 1 aromatic heterocycles. The molecule has 0 saturated carbocycles. The van der Waals surface area contributed by atoms with Crippen LogP contribution in [0.4, 0.5) is 26.3 Å². The van der Waals surface area contributed by atoms with E-state index >= 15 is 0 Å². The largest absolute Gasteiger partial charge is 0.416 e. The summed E-state index contributed by atoms with van der Waals surface area (Å²) >= 11 is 0. The van der Waals surface area contributed by atoms with E-state index in [2.05, 4.69) is 0 Å². The van der Waals surface area contributed by atoms with Crippen molar-refractivity contribution in [3.05, 3.63) is 123 Å². The number of nitrogens with two attached hydrogens (primary N) is 1. The van der Waals surface area contributed by atoms with Crippen LogP contribution >= 0.6 is 0 Å². The van der Waals surface area contributed by atoms with Crippen LogP contribution in [0.5, 0.6) is 0 Å². The fourth-order valence-electron chi connectivity index (χ4n) is 5.09. The van der Waals surface area contributed by atoms with E-state index in [4.69, 9.17) is 16.1 Å². The monoisotopic (exact) mass is 594 g/mol. The first-order valence-electron chi connectivity index (χ1n) is 13.5. The van der Waals surface area contributed by atoms with Crippen molar-refractivity contribution in [3.8, 4) is 11.3 Å². The number of aromatic nitrogens is 2. The highest BCUT2D eigenvalue weighted by atomic mass is 19.4. The average Bonchev–Trinajstić information content (AvgIpc) is 3.32. The molecular weight excluding hydrogens is 566 g/mol. The van der Waals surface area contributed by atoms with Gasteiger partial charge in [-0.3, -0.25) is 5.41 Å². The van der Waals surface area contributed by atoms with Gasteiger partial charge in [0, 0.05) is 35.2 Å². The van der Waals surface area contributed by atoms with E-state index in [9.17, 15) is 26.3 Å². The molecule has 0 radical (unpaired) electrons. The number of hydrogen-bond acceptors (Lipinski definition) is 2. The Morgan fingerprint density at radius 3 is 2.12 bits per heavy atom. The molecule has 1 heterocycles. The molecule has 2 aliphatic rings. The maximum Gasteiger partial charge on any atom is 0.416 e. The van der Waals surface area contributed by atoms with E-state index in [-0.39, 0.29) is 29.5 Å². The summed E-state index contributed by atoms with van der Waals surface area (Å²) in [7, 11) is 0. The van der Waals surface area contributed by atoms with Gasteiger partial charge in [-0.2, -0.15) is 26.3 Å². The summed E-state index contributed by atoms with van der Waals surface area (Å²) in [4.78, 5) is 4.79. The Kier molecular flexibility index (Phi) is 7.81. The molecule has 2 aliphatic carbocycles. The Morgan fingerprint density at radius 1 is 0.884 bits per heavy atom. The van der Waals surface area contributed by atoms with Crippen molar-refractivity contribution in [2.24, 2.45) is 5.73 Å². The summed E-state index contributed by atoms with van der Waals surface area (Å²) in [6.45, 7) is 3.96. The number of nitrogens with zero attached hydrogens (tertiary/aromatic N) is 2. The van der Waals surface area contributed by atoms with Gasteiger partial charge in [0.2, 0.25) is 0 Å². The van der Waals surface area contributed by atoms with Gasteiger partial charge in [0.25, 0.3) is 0 Å². The molecule has 0 unspecified atom stereocenters. The number of nitrogens with one attached hydrogen (secondary N) is 1. The van der Waals surface area contributed by atoms with Gasteiger partial charge in [0.1, 0.15) is 11.3 Å². The van der Waals surface area contributed by atoms with E-state index < -0.39 is 29.9 Å². The number of nitrogen functional groups attached to an aromatic ring is 1. The van der Waals surface area contributed by atoms with Crippen molar-refractivity contribution in [2.45, 2.75) is 45.6 Å². The van der Waals surface area contributed by atoms with Crippen LogP contribution < -0.4 is 16.6 Å². The average molecular weight is 595 g/mol. The van der Waals surface area contributed by atoms with Crippen molar-refractivity contribution >= 4 is 17.0 Å². The molecule has 4 nitrogen and oxygen atoms in total. The molecule has 0 aliphatic heterocycles. The first-order valence-corrected chi connectivity index (χ1v) is 13.5. The van der Waals surface area contributed by atoms with Gasteiger partial charge in [-0.05, 0) is 43.6 Å². The molecule has 222 valence electrons. The standard InChI is InChI=1S/C33H28F6N4/c1-19-3-9-22(10-4-19)28-29(23-11-5-20(2)6-12-23)43(18-21-7-13-24(14-8-21)30(40)41)31(42-28)25-15-26(32(34,35)36)17-27(16-25)33(37,38)39/h3-11,13-15,17H,12,16,18H2,1-2H3,(H3,40,41). The zero-order chi connectivity index (χ0) is 31.1. The Morgan fingerprint density at radius 2 is 1.56 bits per heavy atom. The van der Waals surface area contributed by atoms with Crippen LogP contribution in [0.2, 0.25) is 0 Å². The topological polar surface area (TPSA) is 67.7 Å². The predicted octanol–water partition coefficient (Wildman–Crippen LogP) is 6.78. The summed E-state index contributed by atoms with van der Waals surface area (Å²) < 4.78 is 85.1. The maximum atomic E-state index is 13.9. The summed E-state index contributed by atoms with van der Waals surface area (Å²) in [6, 6.07) is 14.2. The van der Waals surface area contributed by atoms with Crippen molar-refractivity contribution in [1.82, 2.24) is 9.55 Å². The normalized spacial score (nSPS) is 18.3. The van der Waals surface area contributed by atoms with Crippen LogP contribution in [-0.2, 0) is 6.54 Å². The fraction of sp³-hybridized carbons (Fsp3) is 0.212. The van der Waals surface area contributed by atoms with E-state index in [1.54, 1.807) is 28.8 Å². The van der Waals surface area contributed by atoms with E-state index in [0.29, 0.717) is 34.2 Å². The molecule has 3 aromatic rings. The summed E-state index contributed by atoms with van der Waals surface area (Å²) in [5.74, 6) is -0.128. The van der Waals surface area contributed by atoms with Crippen LogP contribution in [-0.4, -0.2) is 27.7 Å². The second-order valence-electron chi connectivity index (χ2n) is 10.7. The first kappa shape index (κ1) is 29.9. The van der Waals surface area contributed by atoms with Crippen LogP contribution in [0.25, 0.3) is 22.4 Å². The fourth-order valence-corrected chi connectivity index (χ4v) is 5.09. The third-order valence-corrected chi connectivity index (χ3v) is 7.41. The smallest absolute Gasteiger partial charge is 0.384 e. The van der Waals surface area contributed by atoms with Crippen LogP contribution in [0.15, 0.2) is 95.6 Å². The third kappa shape index (κ3) is 6.43. The van der Waals surface area contributed by atoms with Gasteiger partial charge in [-0.15, -0.1) is 0 Å². The second kappa shape index (κ2) is 11.2. The molecule has 0 fully saturated rings. The first-order chi connectivity index (χ1) is 20.2. The lowest BCUT2D eigenvalue weighted by Gasteiger charge is -2.20. The number of hydrogen-bond donors (Lipinski definition) is 2. The summed E-state index contributed by atoms with van der Waals surface area (Å²) in [5, 5.41) is 8.28. The molecule has 5 rings (SSSR count). The van der Waals surface area contributed by atoms with Crippen molar-refractivity contribution < 1.29 is 26.3 Å². The molecular formula is C33H28F6N4. The molecule has 0 saturated heterocycles. The molecule has 0 bridgehead atoms. The van der Waals surface area contributed by atoms with Gasteiger partial charge >= 0.3 is 12.4 Å². The molecule has 43 heavy (non-hydrogen) atoms. The van der Waals surface area contributed by atoms with Crippen LogP contribution in [0, 0.1) is 12.3 Å². The Labute approximate surface area is 244 Å². The van der Waals surface area contributed by atoms with Crippen molar-refractivity contribution in [1.29, 1.82) is 5.41 Å². The lowest BCUT2D eigenvalue weighted by Crippen LogP contribution is -2.32. The minimum absolute atomic E-state index is 0.0185. The maximum absolute atomic E-state index is 13.9. The van der Waals surface area contributed by atoms with E-state index in [0.717, 1.165) is 22.8 Å². The van der Waals surface area contributed by atoms with Crippen LogP contribution in [0.3, 0.4) is 0 Å². The zero-order valence-electron chi connectivity index (χ0n) is 23.4. The van der Waals surface area contributed by atoms with Gasteiger partial charge < -0.3 is 10.3 Å². The molecule has 0 spiro atoms. The number of alkyl halides is 6. The zero-order valence-corrected chi connectivity index (χ0v) is 23.4. The number of rotatable bonds is 4. The second-order valence-corrected chi connectivity index (χ2v) is 10.7. The molecule has 0 amide bonds. The highest BCUT2D eigenvalue weighted by Crippen LogP contribution is 2.40. The van der Waals surface area contributed by atoms with Gasteiger partial charge in [0.05, 0.1) is 16.6 Å². The van der Waals surface area contributed by atoms with Crippen LogP contribution in [0.1, 0.15) is 36.5 Å². The van der Waals surface area contributed by atoms with Gasteiger partial charge in [-0.25, -0.2) is 4.98 Å². The van der Waals surface area contributed by atoms with Gasteiger partial charge in [-0.1, -0.05) is 77.9 Å². The summed E-state index contributed by atoms with van der Waals surface area (Å²) in [5.41, 5.74) is 7.93. The lowest BCUT2D eigenvalue weighted by atomic mass is 9.94. The summed E-state index contributed by atoms with van der Waals surface area (Å²) in [6.07, 6.45) is -3.44. The Balaban J connectivity index is 1.88. The number of amidine groups is 1. The number of allylic oxidation sites excluding steroid dienone is 8. The minimum atomic E-state index is -4.99. The van der Waals surface area contributed by atoms with Gasteiger partial charge in [0.15, 0.2) is 0 Å². The number of halogens is 6. The van der Waals surface area contributed by atoms with E-state index in [1.807, 2.05) is 56.3 Å². The number of aryl methyl sites for hydroxylation is 1. The highest BCUT2D eigenvalue weighted by molar-refractivity contribution is 5.94. The SMILES string of the molecule is CC1=CCC(=c2c(-c3ccc(C)cc3)nc(=C3C=C(C(F)(F)F)C=C(C(F)(F)F)C3)n2Cc2ccc(C(=N)N)cc2)C=C1. The molecule has 3 N–H and O–H groups in total. The van der Waals surface area contributed by atoms with Crippen molar-refractivity contribution in [3.63, 3.8) is 0 Å². The molecule has 0 atom stereocenters. The Hall–Kier alpha value is -4.60. The lowest BCUT2D eigenvalue weighted by molar-refractivity contribution is -0.0970. The number of benzene rings is 2. The molecule has 10 heteroatoms. The quantitative estimate of drug-likeness (QED) is 0.199. The highest BCUT2D eigenvalue weighted by Gasteiger charge is 2.41. The van der Waals surface area contributed by atoms with Crippen molar-refractivity contribution in [2.75, 3.05) is 0 Å². The Bertz CT molecular complexity index is 1830.